The Morgan fingerprint density at radius 2 is 1.88 bits per heavy atom. The molecule has 0 spiro atoms. The summed E-state index contributed by atoms with van der Waals surface area (Å²) in [6, 6.07) is 14.3. The molecule has 0 saturated carbocycles. The molecular weight excluding hydrogens is 440 g/mol. The van der Waals surface area contributed by atoms with Gasteiger partial charge in [-0.05, 0) is 31.2 Å². The first-order chi connectivity index (χ1) is 15.9. The van der Waals surface area contributed by atoms with Crippen LogP contribution in [-0.4, -0.2) is 36.9 Å². The van der Waals surface area contributed by atoms with Crippen LogP contribution in [0.25, 0.3) is 22.1 Å². The number of aromatic nitrogens is 4. The monoisotopic (exact) mass is 460 g/mol. The molecule has 3 aromatic heterocycles. The van der Waals surface area contributed by atoms with Gasteiger partial charge in [-0.25, -0.2) is 9.97 Å². The average molecular weight is 461 g/mol. The van der Waals surface area contributed by atoms with Crippen molar-refractivity contribution in [2.24, 2.45) is 0 Å². The van der Waals surface area contributed by atoms with Gasteiger partial charge in [0.1, 0.15) is 28.5 Å². The van der Waals surface area contributed by atoms with Crippen LogP contribution < -0.4 is 4.74 Å². The Morgan fingerprint density at radius 1 is 1.09 bits per heavy atom. The molecule has 33 heavy (non-hydrogen) atoms. The molecule has 3 N–H and O–H groups in total. The van der Waals surface area contributed by atoms with E-state index in [9.17, 15) is 9.90 Å². The van der Waals surface area contributed by atoms with Crippen molar-refractivity contribution in [1.29, 1.82) is 0 Å². The number of pyridine rings is 1. The van der Waals surface area contributed by atoms with Crippen molar-refractivity contribution in [3.63, 3.8) is 0 Å². The quantitative estimate of drug-likeness (QED) is 0.286. The molecule has 2 unspecified atom stereocenters. The topological polar surface area (TPSA) is 104 Å². The van der Waals surface area contributed by atoms with Gasteiger partial charge in [0.25, 0.3) is 0 Å². The normalized spacial score (nSPS) is 13.3. The molecule has 7 nitrogen and oxygen atoms in total. The first-order valence-corrected chi connectivity index (χ1v) is 10.9. The maximum atomic E-state index is 13.5. The number of para-hydroxylation sites is 1. The van der Waals surface area contributed by atoms with Crippen molar-refractivity contribution in [1.82, 2.24) is 19.9 Å². The molecule has 2 atom stereocenters. The summed E-state index contributed by atoms with van der Waals surface area (Å²) in [5, 5.41) is 10.8. The van der Waals surface area contributed by atoms with Gasteiger partial charge in [0, 0.05) is 23.7 Å². The second-order valence-electron chi connectivity index (χ2n) is 7.98. The number of nitrogens with one attached hydrogen (secondary N) is 2. The molecule has 0 amide bonds. The van der Waals surface area contributed by atoms with E-state index >= 15 is 0 Å². The SMILES string of the molecule is CC(O)C(C)c1nc2c(cnc3[nH]cc(C(=O)c4ccc(Oc5ccccc5)cc4Cl)c32)[nH]1. The molecule has 5 rings (SSSR count). The summed E-state index contributed by atoms with van der Waals surface area (Å²) >= 11 is 6.48. The van der Waals surface area contributed by atoms with Crippen LogP contribution in [-0.2, 0) is 0 Å². The number of carbonyl (C=O) groups excluding carboxylic acids is 1. The smallest absolute Gasteiger partial charge is 0.196 e. The molecule has 0 aliphatic rings. The fourth-order valence-corrected chi connectivity index (χ4v) is 3.97. The van der Waals surface area contributed by atoms with E-state index in [1.54, 1.807) is 37.5 Å². The summed E-state index contributed by atoms with van der Waals surface area (Å²) in [6.07, 6.45) is 2.71. The van der Waals surface area contributed by atoms with Gasteiger partial charge in [-0.15, -0.1) is 0 Å². The number of H-pyrrole nitrogens is 2. The number of rotatable bonds is 6. The van der Waals surface area contributed by atoms with Crippen LogP contribution in [0.4, 0.5) is 0 Å². The minimum atomic E-state index is -0.572. The number of aromatic amines is 2. The molecule has 166 valence electrons. The van der Waals surface area contributed by atoms with E-state index in [4.69, 9.17) is 16.3 Å². The number of fused-ring (bicyclic) bond motifs is 3. The van der Waals surface area contributed by atoms with Gasteiger partial charge in [-0.1, -0.05) is 36.7 Å². The molecule has 0 aliphatic heterocycles. The van der Waals surface area contributed by atoms with Crippen LogP contribution in [0.2, 0.25) is 5.02 Å². The van der Waals surface area contributed by atoms with E-state index in [2.05, 4.69) is 19.9 Å². The lowest BCUT2D eigenvalue weighted by Crippen LogP contribution is -2.12. The summed E-state index contributed by atoms with van der Waals surface area (Å²) in [6.45, 7) is 3.60. The summed E-state index contributed by atoms with van der Waals surface area (Å²) < 4.78 is 5.81. The number of aliphatic hydroxyl groups excluding tert-OH is 1. The lowest BCUT2D eigenvalue weighted by atomic mass is 10.0. The lowest BCUT2D eigenvalue weighted by Gasteiger charge is -2.10. The molecule has 0 radical (unpaired) electrons. The van der Waals surface area contributed by atoms with Gasteiger partial charge in [-0.3, -0.25) is 4.79 Å². The third-order valence-corrected chi connectivity index (χ3v) is 6.05. The highest BCUT2D eigenvalue weighted by Gasteiger charge is 2.23. The number of imidazole rings is 1. The number of benzene rings is 2. The predicted octanol–water partition coefficient (Wildman–Crippen LogP) is 5.60. The Balaban J connectivity index is 1.53. The minimum absolute atomic E-state index is 0.197. The number of nitrogens with zero attached hydrogens (tertiary/aromatic N) is 2. The van der Waals surface area contributed by atoms with E-state index in [0.29, 0.717) is 50.5 Å². The van der Waals surface area contributed by atoms with Crippen LogP contribution in [0.15, 0.2) is 60.9 Å². The van der Waals surface area contributed by atoms with Gasteiger partial charge in [0.05, 0.1) is 33.8 Å². The maximum absolute atomic E-state index is 13.5. The summed E-state index contributed by atoms with van der Waals surface area (Å²) in [4.78, 5) is 28.8. The number of hydrogen-bond donors (Lipinski definition) is 3. The first kappa shape index (κ1) is 21.2. The Bertz CT molecular complexity index is 1470. The predicted molar refractivity (Wildman–Crippen MR) is 127 cm³/mol. The Labute approximate surface area is 194 Å². The molecule has 2 aromatic carbocycles. The number of aliphatic hydroxyl groups is 1. The average Bonchev–Trinajstić information content (AvgIpc) is 3.43. The second-order valence-corrected chi connectivity index (χ2v) is 8.39. The number of carbonyl (C=O) groups is 1. The molecule has 0 saturated heterocycles. The molecule has 8 heteroatoms. The summed E-state index contributed by atoms with van der Waals surface area (Å²) in [7, 11) is 0. The van der Waals surface area contributed by atoms with Gasteiger partial charge in [0.15, 0.2) is 5.78 Å². The number of ketones is 1. The van der Waals surface area contributed by atoms with Crippen molar-refractivity contribution in [2.45, 2.75) is 25.9 Å². The van der Waals surface area contributed by atoms with Gasteiger partial charge in [0.2, 0.25) is 0 Å². The van der Waals surface area contributed by atoms with E-state index in [1.807, 2.05) is 37.3 Å². The van der Waals surface area contributed by atoms with Crippen LogP contribution in [0, 0.1) is 0 Å². The van der Waals surface area contributed by atoms with Crippen molar-refractivity contribution in [2.75, 3.05) is 0 Å². The van der Waals surface area contributed by atoms with E-state index in [0.717, 1.165) is 0 Å². The van der Waals surface area contributed by atoms with E-state index in [-0.39, 0.29) is 16.7 Å². The van der Waals surface area contributed by atoms with Gasteiger partial charge >= 0.3 is 0 Å². The van der Waals surface area contributed by atoms with Crippen LogP contribution in [0.1, 0.15) is 41.5 Å². The van der Waals surface area contributed by atoms with Crippen LogP contribution in [0.3, 0.4) is 0 Å². The molecule has 0 aliphatic carbocycles. The Hall–Kier alpha value is -3.68. The van der Waals surface area contributed by atoms with E-state index in [1.165, 1.54) is 0 Å². The molecule has 0 bridgehead atoms. The summed E-state index contributed by atoms with van der Waals surface area (Å²) in [5.41, 5.74) is 2.63. The van der Waals surface area contributed by atoms with Crippen molar-refractivity contribution in [3.05, 3.63) is 82.9 Å². The molecule has 5 aromatic rings. The zero-order valence-electron chi connectivity index (χ0n) is 18.0. The third kappa shape index (κ3) is 3.86. The first-order valence-electron chi connectivity index (χ1n) is 10.5. The number of halogens is 1. The van der Waals surface area contributed by atoms with Crippen LogP contribution in [0.5, 0.6) is 11.5 Å². The minimum Gasteiger partial charge on any atom is -0.457 e. The van der Waals surface area contributed by atoms with Gasteiger partial charge in [-0.2, -0.15) is 0 Å². The number of ether oxygens (including phenoxy) is 1. The van der Waals surface area contributed by atoms with Gasteiger partial charge < -0.3 is 19.8 Å². The lowest BCUT2D eigenvalue weighted by molar-refractivity contribution is 0.104. The molecule has 3 heterocycles. The van der Waals surface area contributed by atoms with Crippen molar-refractivity contribution >= 4 is 39.5 Å². The third-order valence-electron chi connectivity index (χ3n) is 5.73. The second kappa shape index (κ2) is 8.35. The largest absolute Gasteiger partial charge is 0.457 e. The standard InChI is InChI=1S/C25H21ClN4O3/c1-13(14(2)31)24-29-20-12-28-25-21(22(20)30-24)18(11-27-25)23(32)17-9-8-16(10-19(17)26)33-15-6-4-3-5-7-15/h3-14,31H,1-2H3,(H,27,28)(H,29,30). The highest BCUT2D eigenvalue weighted by atomic mass is 35.5. The number of hydrogen-bond acceptors (Lipinski definition) is 5. The fourth-order valence-electron chi connectivity index (χ4n) is 3.71. The zero-order valence-corrected chi connectivity index (χ0v) is 18.7. The van der Waals surface area contributed by atoms with E-state index < -0.39 is 6.10 Å². The van der Waals surface area contributed by atoms with Crippen molar-refractivity contribution in [3.8, 4) is 11.5 Å². The zero-order chi connectivity index (χ0) is 23.1. The van der Waals surface area contributed by atoms with Crippen molar-refractivity contribution < 1.29 is 14.6 Å². The van der Waals surface area contributed by atoms with Crippen LogP contribution >= 0.6 is 11.6 Å². The fraction of sp³-hybridized carbons (Fsp3) is 0.160. The summed E-state index contributed by atoms with van der Waals surface area (Å²) in [5.74, 6) is 1.40. The molecular formula is C25H21ClN4O3. The Kier molecular flexibility index (Phi) is 5.36. The Morgan fingerprint density at radius 3 is 2.61 bits per heavy atom. The highest BCUT2D eigenvalue weighted by molar-refractivity contribution is 6.36. The highest BCUT2D eigenvalue weighted by Crippen LogP contribution is 2.32. The maximum Gasteiger partial charge on any atom is 0.196 e. The molecule has 0 fully saturated rings.